The van der Waals surface area contributed by atoms with Gasteiger partial charge in [-0.2, -0.15) is 0 Å². The van der Waals surface area contributed by atoms with Crippen LogP contribution in [0.5, 0.6) is 0 Å². The first-order valence-corrected chi connectivity index (χ1v) is 5.38. The fourth-order valence-corrected chi connectivity index (χ4v) is 2.28. The maximum absolute atomic E-state index is 13.0. The number of rotatable bonds is 2. The fraction of sp³-hybridized carbons (Fsp3) is 0.818. The van der Waals surface area contributed by atoms with Crippen LogP contribution >= 0.6 is 0 Å². The zero-order valence-corrected chi connectivity index (χ0v) is 10.3. The second kappa shape index (κ2) is 4.03. The van der Waals surface area contributed by atoms with Gasteiger partial charge in [-0.3, -0.25) is 4.79 Å². The third kappa shape index (κ3) is 2.03. The van der Waals surface area contributed by atoms with Gasteiger partial charge in [0.15, 0.2) is 6.17 Å². The Morgan fingerprint density at radius 2 is 1.94 bits per heavy atom. The molecule has 0 radical (unpaired) electrons. The molecule has 0 N–H and O–H groups in total. The summed E-state index contributed by atoms with van der Waals surface area (Å²) in [6, 6.07) is -0.425. The molecule has 2 unspecified atom stereocenters. The number of cyclic esters (lactones) is 1. The minimum Gasteiger partial charge on any atom is -0.441 e. The van der Waals surface area contributed by atoms with E-state index in [0.717, 1.165) is 11.8 Å². The van der Waals surface area contributed by atoms with Crippen molar-refractivity contribution in [1.29, 1.82) is 0 Å². The van der Waals surface area contributed by atoms with Gasteiger partial charge < -0.3 is 4.74 Å². The number of hydrogen-bond donors (Lipinski definition) is 0. The van der Waals surface area contributed by atoms with Crippen LogP contribution in [0.4, 0.5) is 9.18 Å². The van der Waals surface area contributed by atoms with Gasteiger partial charge in [0, 0.05) is 0 Å². The van der Waals surface area contributed by atoms with Crippen LogP contribution in [-0.2, 0) is 9.53 Å². The van der Waals surface area contributed by atoms with Gasteiger partial charge in [-0.15, -0.1) is 0 Å². The van der Waals surface area contributed by atoms with E-state index in [4.69, 9.17) is 4.74 Å². The minimum absolute atomic E-state index is 0.0177. The highest BCUT2D eigenvalue weighted by atomic mass is 19.1. The van der Waals surface area contributed by atoms with Crippen molar-refractivity contribution in [3.05, 3.63) is 0 Å². The van der Waals surface area contributed by atoms with Crippen LogP contribution < -0.4 is 0 Å². The number of halogens is 1. The largest absolute Gasteiger partial charge is 0.441 e. The Kier molecular flexibility index (Phi) is 3.26. The molecule has 1 rings (SSSR count). The number of hydrogen-bond acceptors (Lipinski definition) is 3. The van der Waals surface area contributed by atoms with Crippen molar-refractivity contribution in [3.63, 3.8) is 0 Å². The number of ether oxygens (including phenoxy) is 1. The zero-order valence-electron chi connectivity index (χ0n) is 10.3. The average Bonchev–Trinajstić information content (AvgIpc) is 2.33. The Morgan fingerprint density at radius 1 is 1.44 bits per heavy atom. The molecule has 0 aliphatic carbocycles. The number of amides is 2. The van der Waals surface area contributed by atoms with Crippen LogP contribution in [0.1, 0.15) is 34.6 Å². The van der Waals surface area contributed by atoms with Gasteiger partial charge >= 0.3 is 6.09 Å². The highest BCUT2D eigenvalue weighted by molar-refractivity contribution is 5.96. The third-order valence-electron chi connectivity index (χ3n) is 2.75. The van der Waals surface area contributed by atoms with Crippen molar-refractivity contribution >= 4 is 12.0 Å². The smallest absolute Gasteiger partial charge is 0.417 e. The summed E-state index contributed by atoms with van der Waals surface area (Å²) in [5, 5.41) is 0. The molecule has 1 aliphatic rings. The fourth-order valence-electron chi connectivity index (χ4n) is 2.28. The quantitative estimate of drug-likeness (QED) is 0.731. The van der Waals surface area contributed by atoms with E-state index in [1.54, 1.807) is 13.8 Å². The predicted octanol–water partition coefficient (Wildman–Crippen LogP) is 2.13. The van der Waals surface area contributed by atoms with Crippen LogP contribution in [0, 0.1) is 5.92 Å². The van der Waals surface area contributed by atoms with Gasteiger partial charge in [-0.25, -0.2) is 14.1 Å². The van der Waals surface area contributed by atoms with Gasteiger partial charge in [-0.1, -0.05) is 13.8 Å². The van der Waals surface area contributed by atoms with Crippen molar-refractivity contribution in [2.24, 2.45) is 5.92 Å². The molecule has 2 amide bonds. The molecule has 1 saturated heterocycles. The Morgan fingerprint density at radius 3 is 2.31 bits per heavy atom. The molecule has 4 nitrogen and oxygen atoms in total. The van der Waals surface area contributed by atoms with Crippen molar-refractivity contribution in [3.8, 4) is 0 Å². The number of carbonyl (C=O) groups excluding carboxylic acids is 2. The topological polar surface area (TPSA) is 46.6 Å². The number of alkyl halides is 1. The second-order valence-electron chi connectivity index (χ2n) is 4.98. The molecule has 1 aliphatic heterocycles. The predicted molar refractivity (Wildman–Crippen MR) is 56.6 cm³/mol. The van der Waals surface area contributed by atoms with E-state index in [9.17, 15) is 14.0 Å². The van der Waals surface area contributed by atoms with Crippen molar-refractivity contribution in [2.75, 3.05) is 0 Å². The lowest BCUT2D eigenvalue weighted by Gasteiger charge is -2.31. The summed E-state index contributed by atoms with van der Waals surface area (Å²) in [7, 11) is 0. The lowest BCUT2D eigenvalue weighted by Crippen LogP contribution is -2.49. The lowest BCUT2D eigenvalue weighted by molar-refractivity contribution is -0.135. The highest BCUT2D eigenvalue weighted by Crippen LogP contribution is 2.34. The van der Waals surface area contributed by atoms with Crippen molar-refractivity contribution in [1.82, 2.24) is 4.90 Å². The van der Waals surface area contributed by atoms with Crippen LogP contribution in [0.2, 0.25) is 0 Å². The SMILES string of the molecule is CC(F)C(=O)N1C(=O)OC(C)(C)C1C(C)C. The normalized spacial score (nSPS) is 25.8. The molecule has 1 heterocycles. The first kappa shape index (κ1) is 12.9. The molecule has 0 saturated carbocycles. The molecule has 1 fully saturated rings. The van der Waals surface area contributed by atoms with E-state index in [1.807, 2.05) is 13.8 Å². The molecular weight excluding hydrogens is 213 g/mol. The van der Waals surface area contributed by atoms with Crippen LogP contribution in [0.25, 0.3) is 0 Å². The number of nitrogens with zero attached hydrogens (tertiary/aromatic N) is 1. The van der Waals surface area contributed by atoms with Crippen molar-refractivity contribution < 1.29 is 18.7 Å². The molecule has 0 bridgehead atoms. The van der Waals surface area contributed by atoms with E-state index in [-0.39, 0.29) is 5.92 Å². The zero-order chi connectivity index (χ0) is 12.7. The maximum atomic E-state index is 13.0. The second-order valence-corrected chi connectivity index (χ2v) is 4.98. The molecule has 0 aromatic carbocycles. The average molecular weight is 231 g/mol. The Balaban J connectivity index is 3.07. The standard InChI is InChI=1S/C11H18FNO3/c1-6(2)8-11(4,5)16-10(15)13(8)9(14)7(3)12/h6-8H,1-5H3. The first-order valence-electron chi connectivity index (χ1n) is 5.38. The van der Waals surface area contributed by atoms with E-state index < -0.39 is 29.8 Å². The summed E-state index contributed by atoms with van der Waals surface area (Å²) in [5.41, 5.74) is -0.768. The van der Waals surface area contributed by atoms with E-state index >= 15 is 0 Å². The third-order valence-corrected chi connectivity index (χ3v) is 2.75. The van der Waals surface area contributed by atoms with Gasteiger partial charge in [0.1, 0.15) is 5.60 Å². The highest BCUT2D eigenvalue weighted by Gasteiger charge is 2.52. The van der Waals surface area contributed by atoms with Crippen LogP contribution in [0.3, 0.4) is 0 Å². The van der Waals surface area contributed by atoms with E-state index in [0.29, 0.717) is 0 Å². The number of imide groups is 1. The summed E-state index contributed by atoms with van der Waals surface area (Å²) in [5.74, 6) is -0.807. The lowest BCUT2D eigenvalue weighted by atomic mass is 9.89. The van der Waals surface area contributed by atoms with E-state index in [2.05, 4.69) is 0 Å². The molecule has 5 heteroatoms. The van der Waals surface area contributed by atoms with Gasteiger partial charge in [0.05, 0.1) is 6.04 Å². The van der Waals surface area contributed by atoms with Gasteiger partial charge in [-0.05, 0) is 26.7 Å². The summed E-state index contributed by atoms with van der Waals surface area (Å²) in [6.45, 7) is 8.32. The minimum atomic E-state index is -1.69. The summed E-state index contributed by atoms with van der Waals surface area (Å²) >= 11 is 0. The van der Waals surface area contributed by atoms with E-state index in [1.165, 1.54) is 0 Å². The molecule has 0 aromatic rings. The monoisotopic (exact) mass is 231 g/mol. The number of carbonyl (C=O) groups is 2. The Hall–Kier alpha value is -1.13. The molecule has 0 aromatic heterocycles. The Labute approximate surface area is 94.7 Å². The van der Waals surface area contributed by atoms with Gasteiger partial charge in [0.2, 0.25) is 0 Å². The summed E-state index contributed by atoms with van der Waals surface area (Å²) in [6.07, 6.45) is -2.44. The van der Waals surface area contributed by atoms with Crippen molar-refractivity contribution in [2.45, 2.75) is 52.4 Å². The molecule has 2 atom stereocenters. The van der Waals surface area contributed by atoms with Gasteiger partial charge in [0.25, 0.3) is 5.91 Å². The molecule has 0 spiro atoms. The summed E-state index contributed by atoms with van der Waals surface area (Å²) in [4.78, 5) is 24.1. The van der Waals surface area contributed by atoms with Crippen LogP contribution in [-0.4, -0.2) is 34.7 Å². The molecule has 16 heavy (non-hydrogen) atoms. The maximum Gasteiger partial charge on any atom is 0.417 e. The first-order chi connectivity index (χ1) is 7.18. The summed E-state index contributed by atoms with van der Waals surface area (Å²) < 4.78 is 18.1. The van der Waals surface area contributed by atoms with Crippen LogP contribution in [0.15, 0.2) is 0 Å². The molecule has 92 valence electrons. The Bertz CT molecular complexity index is 312. The molecular formula is C11H18FNO3.